The molecule has 5 heteroatoms. The molecular weight excluding hydrogens is 274 g/mol. The summed E-state index contributed by atoms with van der Waals surface area (Å²) in [6.45, 7) is 3.48. The molecule has 0 fully saturated rings. The van der Waals surface area contributed by atoms with Crippen molar-refractivity contribution in [2.75, 3.05) is 7.11 Å². The van der Waals surface area contributed by atoms with E-state index in [1.807, 2.05) is 24.3 Å². The van der Waals surface area contributed by atoms with Gasteiger partial charge in [0.2, 0.25) is 0 Å². The Labute approximate surface area is 121 Å². The van der Waals surface area contributed by atoms with Crippen LogP contribution >= 0.6 is 11.3 Å². The molecular formula is C15H15NO3S. The van der Waals surface area contributed by atoms with Gasteiger partial charge in [0.15, 0.2) is 11.5 Å². The number of ketones is 1. The molecule has 4 nitrogen and oxygen atoms in total. The van der Waals surface area contributed by atoms with Crippen LogP contribution in [-0.2, 0) is 11.2 Å². The lowest BCUT2D eigenvalue weighted by molar-refractivity contribution is 0.0591. The number of esters is 1. The van der Waals surface area contributed by atoms with Crippen LogP contribution in [0.5, 0.6) is 0 Å². The molecule has 0 aliphatic carbocycles. The van der Waals surface area contributed by atoms with E-state index in [-0.39, 0.29) is 11.5 Å². The number of methoxy groups -OCH3 is 1. The summed E-state index contributed by atoms with van der Waals surface area (Å²) in [5.41, 5.74) is 2.19. The molecule has 0 radical (unpaired) electrons. The number of aromatic nitrogens is 1. The third-order valence-corrected chi connectivity index (χ3v) is 4.14. The number of Topliss-reactive ketones (excluding diaryl/α,β-unsaturated/α-hetero) is 1. The van der Waals surface area contributed by atoms with E-state index < -0.39 is 5.97 Å². The van der Waals surface area contributed by atoms with Gasteiger partial charge in [0.25, 0.3) is 0 Å². The fourth-order valence-corrected chi connectivity index (χ4v) is 2.95. The smallest absolute Gasteiger partial charge is 0.358 e. The Kier molecular flexibility index (Phi) is 4.29. The SMILES string of the molecule is CCc1ccccc1-c1nc(C(=O)OC)c(C(C)=O)s1. The van der Waals surface area contributed by atoms with Crippen molar-refractivity contribution in [1.82, 2.24) is 4.98 Å². The summed E-state index contributed by atoms with van der Waals surface area (Å²) in [4.78, 5) is 28.0. The number of carbonyl (C=O) groups excluding carboxylic acids is 2. The third kappa shape index (κ3) is 2.63. The summed E-state index contributed by atoms with van der Waals surface area (Å²) in [5, 5.41) is 0.674. The van der Waals surface area contributed by atoms with E-state index in [1.165, 1.54) is 25.4 Å². The van der Waals surface area contributed by atoms with Crippen molar-refractivity contribution in [2.45, 2.75) is 20.3 Å². The van der Waals surface area contributed by atoms with Gasteiger partial charge in [0.1, 0.15) is 9.88 Å². The average molecular weight is 289 g/mol. The second-order valence-electron chi connectivity index (χ2n) is 4.26. The molecule has 0 aliphatic rings. The fraction of sp³-hybridized carbons (Fsp3) is 0.267. The van der Waals surface area contributed by atoms with Gasteiger partial charge in [-0.1, -0.05) is 31.2 Å². The van der Waals surface area contributed by atoms with E-state index in [4.69, 9.17) is 0 Å². The zero-order chi connectivity index (χ0) is 14.7. The van der Waals surface area contributed by atoms with Gasteiger partial charge >= 0.3 is 5.97 Å². The Morgan fingerprint density at radius 1 is 1.30 bits per heavy atom. The highest BCUT2D eigenvalue weighted by atomic mass is 32.1. The Bertz CT molecular complexity index is 661. The maximum atomic E-state index is 11.7. The molecule has 20 heavy (non-hydrogen) atoms. The monoisotopic (exact) mass is 289 g/mol. The standard InChI is InChI=1S/C15H15NO3S/c1-4-10-7-5-6-8-11(10)14-16-12(15(18)19-3)13(20-14)9(2)17/h5-8H,4H2,1-3H3. The van der Waals surface area contributed by atoms with E-state index in [9.17, 15) is 9.59 Å². The number of rotatable bonds is 4. The highest BCUT2D eigenvalue weighted by molar-refractivity contribution is 7.17. The average Bonchev–Trinajstić information content (AvgIpc) is 2.91. The van der Waals surface area contributed by atoms with Crippen molar-refractivity contribution in [2.24, 2.45) is 0 Å². The number of nitrogens with zero attached hydrogens (tertiary/aromatic N) is 1. The number of benzene rings is 1. The minimum absolute atomic E-state index is 0.103. The second kappa shape index (κ2) is 5.96. The summed E-state index contributed by atoms with van der Waals surface area (Å²) >= 11 is 1.23. The predicted octanol–water partition coefficient (Wildman–Crippen LogP) is 3.36. The van der Waals surface area contributed by atoms with Gasteiger partial charge in [-0.15, -0.1) is 11.3 Å². The molecule has 0 spiro atoms. The lowest BCUT2D eigenvalue weighted by Gasteiger charge is -2.03. The normalized spacial score (nSPS) is 10.3. The van der Waals surface area contributed by atoms with Crippen LogP contribution in [0.15, 0.2) is 24.3 Å². The summed E-state index contributed by atoms with van der Waals surface area (Å²) in [7, 11) is 1.28. The highest BCUT2D eigenvalue weighted by Gasteiger charge is 2.22. The number of aryl methyl sites for hydroxylation is 1. The summed E-state index contributed by atoms with van der Waals surface area (Å²) in [5.74, 6) is -0.755. The minimum Gasteiger partial charge on any atom is -0.464 e. The van der Waals surface area contributed by atoms with Crippen LogP contribution in [0, 0.1) is 0 Å². The highest BCUT2D eigenvalue weighted by Crippen LogP contribution is 2.31. The number of carbonyl (C=O) groups is 2. The van der Waals surface area contributed by atoms with Crippen LogP contribution in [0.2, 0.25) is 0 Å². The van der Waals surface area contributed by atoms with Crippen molar-refractivity contribution in [3.8, 4) is 10.6 Å². The lowest BCUT2D eigenvalue weighted by atomic mass is 10.1. The fourth-order valence-electron chi connectivity index (χ4n) is 1.95. The van der Waals surface area contributed by atoms with Crippen LogP contribution in [0.4, 0.5) is 0 Å². The summed E-state index contributed by atoms with van der Waals surface area (Å²) in [6, 6.07) is 7.84. The van der Waals surface area contributed by atoms with Gasteiger partial charge in [-0.25, -0.2) is 9.78 Å². The zero-order valence-corrected chi connectivity index (χ0v) is 12.4. The molecule has 0 saturated heterocycles. The number of hydrogen-bond acceptors (Lipinski definition) is 5. The van der Waals surface area contributed by atoms with Crippen LogP contribution in [0.25, 0.3) is 10.6 Å². The van der Waals surface area contributed by atoms with Gasteiger partial charge in [-0.3, -0.25) is 4.79 Å². The molecule has 0 amide bonds. The predicted molar refractivity (Wildman–Crippen MR) is 78.3 cm³/mol. The van der Waals surface area contributed by atoms with Gasteiger partial charge in [0.05, 0.1) is 7.11 Å². The van der Waals surface area contributed by atoms with Gasteiger partial charge in [-0.2, -0.15) is 0 Å². The van der Waals surface area contributed by atoms with Crippen molar-refractivity contribution in [3.63, 3.8) is 0 Å². The topological polar surface area (TPSA) is 56.3 Å². The quantitative estimate of drug-likeness (QED) is 0.639. The van der Waals surface area contributed by atoms with Crippen LogP contribution < -0.4 is 0 Å². The molecule has 1 heterocycles. The van der Waals surface area contributed by atoms with Gasteiger partial charge in [0, 0.05) is 12.5 Å². The first kappa shape index (κ1) is 14.4. The molecule has 0 unspecified atom stereocenters. The molecule has 2 aromatic rings. The Hall–Kier alpha value is -2.01. The van der Waals surface area contributed by atoms with Crippen molar-refractivity contribution < 1.29 is 14.3 Å². The molecule has 0 aliphatic heterocycles. The largest absolute Gasteiger partial charge is 0.464 e. The lowest BCUT2D eigenvalue weighted by Crippen LogP contribution is -2.06. The number of ether oxygens (including phenoxy) is 1. The number of hydrogen-bond donors (Lipinski definition) is 0. The van der Waals surface area contributed by atoms with Crippen molar-refractivity contribution in [1.29, 1.82) is 0 Å². The maximum absolute atomic E-state index is 11.7. The van der Waals surface area contributed by atoms with Gasteiger partial charge in [-0.05, 0) is 12.0 Å². The molecule has 2 rings (SSSR count). The van der Waals surface area contributed by atoms with E-state index in [1.54, 1.807) is 0 Å². The molecule has 0 saturated carbocycles. The first-order valence-corrected chi connectivity index (χ1v) is 7.08. The molecule has 1 aromatic carbocycles. The first-order chi connectivity index (χ1) is 9.58. The van der Waals surface area contributed by atoms with Crippen LogP contribution in [0.3, 0.4) is 0 Å². The van der Waals surface area contributed by atoms with Crippen molar-refractivity contribution in [3.05, 3.63) is 40.4 Å². The number of thiazole rings is 1. The minimum atomic E-state index is -0.577. The Morgan fingerprint density at radius 2 is 2.00 bits per heavy atom. The van der Waals surface area contributed by atoms with E-state index >= 15 is 0 Å². The molecule has 1 aromatic heterocycles. The third-order valence-electron chi connectivity index (χ3n) is 2.95. The van der Waals surface area contributed by atoms with E-state index in [0.29, 0.717) is 9.88 Å². The van der Waals surface area contributed by atoms with E-state index in [2.05, 4.69) is 16.6 Å². The van der Waals surface area contributed by atoms with Crippen molar-refractivity contribution >= 4 is 23.1 Å². The van der Waals surface area contributed by atoms with Crippen LogP contribution in [-0.4, -0.2) is 23.8 Å². The molecule has 0 atom stereocenters. The van der Waals surface area contributed by atoms with Crippen LogP contribution in [0.1, 0.15) is 39.6 Å². The summed E-state index contributed by atoms with van der Waals surface area (Å²) in [6.07, 6.45) is 0.860. The molecule has 0 bridgehead atoms. The molecule has 104 valence electrons. The zero-order valence-electron chi connectivity index (χ0n) is 11.6. The summed E-state index contributed by atoms with van der Waals surface area (Å²) < 4.78 is 4.69. The Morgan fingerprint density at radius 3 is 2.60 bits per heavy atom. The van der Waals surface area contributed by atoms with E-state index in [0.717, 1.165) is 17.5 Å². The first-order valence-electron chi connectivity index (χ1n) is 6.26. The second-order valence-corrected chi connectivity index (χ2v) is 5.25. The van der Waals surface area contributed by atoms with Gasteiger partial charge < -0.3 is 4.74 Å². The molecule has 0 N–H and O–H groups in total. The Balaban J connectivity index is 2.59. The maximum Gasteiger partial charge on any atom is 0.358 e.